The number of esters is 2. The molecule has 3 atom stereocenters. The van der Waals surface area contributed by atoms with Gasteiger partial charge in [-0.15, -0.1) is 0 Å². The molecular weight excluding hydrogens is 546 g/mol. The number of amides is 1. The number of nitrogens with two attached hydrogens (primary N) is 2. The van der Waals surface area contributed by atoms with Crippen molar-refractivity contribution in [2.24, 2.45) is 11.5 Å². The van der Waals surface area contributed by atoms with Gasteiger partial charge < -0.3 is 46.6 Å². The summed E-state index contributed by atoms with van der Waals surface area (Å²) in [6, 6.07) is -2.26. The number of aldehydes is 2. The fourth-order valence-electron chi connectivity index (χ4n) is 2.52. The van der Waals surface area contributed by atoms with Gasteiger partial charge in [-0.1, -0.05) is 34.6 Å². The van der Waals surface area contributed by atoms with Crippen LogP contribution < -0.4 is 22.1 Å². The highest BCUT2D eigenvalue weighted by molar-refractivity contribution is 6.26. The lowest BCUT2D eigenvalue weighted by Crippen LogP contribution is -2.50. The highest BCUT2D eigenvalue weighted by Gasteiger charge is 2.26. The Bertz CT molecular complexity index is 718. The third kappa shape index (κ3) is 33.2. The lowest BCUT2D eigenvalue weighted by Gasteiger charge is -2.22. The van der Waals surface area contributed by atoms with Gasteiger partial charge in [0.2, 0.25) is 5.91 Å². The van der Waals surface area contributed by atoms with Crippen LogP contribution in [0.4, 0.5) is 0 Å². The Morgan fingerprint density at radius 2 is 1.24 bits per heavy atom. The molecule has 0 radical (unpaired) electrons. The molecule has 13 heteroatoms. The second-order valence-electron chi connectivity index (χ2n) is 8.53. The van der Waals surface area contributed by atoms with Gasteiger partial charge in [-0.2, -0.15) is 0 Å². The van der Waals surface area contributed by atoms with Gasteiger partial charge in [0.1, 0.15) is 24.7 Å². The third-order valence-corrected chi connectivity index (χ3v) is 4.28. The average molecular weight is 606 g/mol. The normalized spacial score (nSPS) is 11.5. The number of nitrogens with one attached hydrogen (secondary N) is 3. The fraction of sp³-hybridized carbons (Fsp3) is 0.759. The molecule has 0 fully saturated rings. The Kier molecular flexibility index (Phi) is 41.7. The highest BCUT2D eigenvalue weighted by Crippen LogP contribution is 2.05. The molecule has 248 valence electrons. The monoisotopic (exact) mass is 605 g/mol. The summed E-state index contributed by atoms with van der Waals surface area (Å²) >= 11 is 0. The average Bonchev–Trinajstić information content (AvgIpc) is 2.96. The van der Waals surface area contributed by atoms with Crippen LogP contribution in [0.5, 0.6) is 0 Å². The Labute approximate surface area is 253 Å². The zero-order chi connectivity index (χ0) is 34.1. The maximum atomic E-state index is 12.2. The number of carbonyl (C=O) groups excluding carboxylic acids is 6. The van der Waals surface area contributed by atoms with Crippen LogP contribution in [0.25, 0.3) is 0 Å². The van der Waals surface area contributed by atoms with Crippen molar-refractivity contribution in [3.05, 3.63) is 0 Å². The van der Waals surface area contributed by atoms with Gasteiger partial charge in [-0.3, -0.25) is 14.4 Å². The molecule has 7 N–H and O–H groups in total. The van der Waals surface area contributed by atoms with Gasteiger partial charge >= 0.3 is 11.9 Å². The Balaban J connectivity index is -0.000000201. The standard InChI is InChI=1S/C15H25N3O5.C8H15NO3.C2H7N.2C2H6/c1-10(2)23-15(22)13(7-6-11(20)9-16)18-14(21)12(17-3)5-4-8-19;1-6(2)12-8(11)7(9)4-3-5-10;1-2-3;2*1-2/h8-10,12-13,16-17H,4-7H2,1-3H3,(H,18,21);5-7H,3-4,9H2,1-2H3;2-3H2,1H3;2*1-2H3. The van der Waals surface area contributed by atoms with Crippen LogP contribution in [0, 0.1) is 5.41 Å². The third-order valence-electron chi connectivity index (χ3n) is 4.28. The largest absolute Gasteiger partial charge is 0.462 e. The van der Waals surface area contributed by atoms with Crippen LogP contribution in [-0.2, 0) is 38.2 Å². The summed E-state index contributed by atoms with van der Waals surface area (Å²) in [7, 11) is 1.58. The van der Waals surface area contributed by atoms with Crippen molar-refractivity contribution in [2.75, 3.05) is 13.6 Å². The summed E-state index contributed by atoms with van der Waals surface area (Å²) in [5, 5.41) is 12.2. The molecule has 0 aliphatic rings. The van der Waals surface area contributed by atoms with Gasteiger partial charge in [0.05, 0.1) is 24.5 Å². The van der Waals surface area contributed by atoms with Gasteiger partial charge in [-0.05, 0) is 60.5 Å². The molecule has 0 saturated heterocycles. The second kappa shape index (κ2) is 36.0. The molecule has 42 heavy (non-hydrogen) atoms. The number of rotatable bonds is 17. The minimum Gasteiger partial charge on any atom is -0.462 e. The zero-order valence-electron chi connectivity index (χ0n) is 27.5. The Morgan fingerprint density at radius 3 is 1.62 bits per heavy atom. The number of likely N-dealkylation sites (N-methyl/N-ethyl adjacent to an activating group) is 1. The number of Topliss-reactive ketones (excluding diaryl/α,β-unsaturated/α-hetero) is 1. The second-order valence-corrected chi connectivity index (χ2v) is 8.53. The van der Waals surface area contributed by atoms with Crippen LogP contribution in [0.15, 0.2) is 0 Å². The summed E-state index contributed by atoms with van der Waals surface area (Å²) < 4.78 is 9.90. The molecule has 0 aromatic heterocycles. The summed E-state index contributed by atoms with van der Waals surface area (Å²) in [5.41, 5.74) is 10.3. The zero-order valence-corrected chi connectivity index (χ0v) is 27.5. The molecule has 3 unspecified atom stereocenters. The van der Waals surface area contributed by atoms with Crippen molar-refractivity contribution >= 4 is 42.4 Å². The number of hydrogen-bond donors (Lipinski definition) is 5. The summed E-state index contributed by atoms with van der Waals surface area (Å²) in [5.74, 6) is -1.95. The lowest BCUT2D eigenvalue weighted by atomic mass is 10.1. The first-order valence-electron chi connectivity index (χ1n) is 14.6. The summed E-state index contributed by atoms with van der Waals surface area (Å²) in [4.78, 5) is 66.8. The first-order chi connectivity index (χ1) is 19.8. The van der Waals surface area contributed by atoms with E-state index in [1.54, 1.807) is 34.7 Å². The van der Waals surface area contributed by atoms with Crippen LogP contribution in [0.2, 0.25) is 0 Å². The van der Waals surface area contributed by atoms with E-state index in [9.17, 15) is 28.8 Å². The highest BCUT2D eigenvalue weighted by atomic mass is 16.5. The topological polar surface area (TPSA) is 221 Å². The Hall–Kier alpha value is -3.03. The molecule has 0 rings (SSSR count). The molecule has 0 aliphatic carbocycles. The molecule has 0 heterocycles. The van der Waals surface area contributed by atoms with Crippen molar-refractivity contribution in [3.8, 4) is 0 Å². The number of carbonyl (C=O) groups is 6. The quantitative estimate of drug-likeness (QED) is 0.0919. The molecule has 0 saturated carbocycles. The van der Waals surface area contributed by atoms with Gasteiger partial charge in [0.15, 0.2) is 5.78 Å². The predicted molar refractivity (Wildman–Crippen MR) is 166 cm³/mol. The van der Waals surface area contributed by atoms with E-state index in [1.165, 1.54) is 0 Å². The maximum Gasteiger partial charge on any atom is 0.328 e. The van der Waals surface area contributed by atoms with E-state index in [0.29, 0.717) is 31.8 Å². The van der Waals surface area contributed by atoms with Crippen LogP contribution in [0.3, 0.4) is 0 Å². The van der Waals surface area contributed by atoms with Gasteiger partial charge in [0.25, 0.3) is 0 Å². The van der Waals surface area contributed by atoms with Gasteiger partial charge in [-0.25, -0.2) is 4.79 Å². The van der Waals surface area contributed by atoms with Crippen molar-refractivity contribution in [2.45, 2.75) is 131 Å². The van der Waals surface area contributed by atoms with E-state index in [-0.39, 0.29) is 31.5 Å². The first-order valence-corrected chi connectivity index (χ1v) is 14.6. The minimum atomic E-state index is -0.971. The van der Waals surface area contributed by atoms with Crippen LogP contribution in [0.1, 0.15) is 101 Å². The van der Waals surface area contributed by atoms with E-state index < -0.39 is 41.8 Å². The molecule has 1 amide bonds. The molecule has 0 spiro atoms. The number of hydrogen-bond acceptors (Lipinski definition) is 12. The minimum absolute atomic E-state index is 0.0415. The Morgan fingerprint density at radius 1 is 0.810 bits per heavy atom. The molecule has 0 aliphatic heterocycles. The lowest BCUT2D eigenvalue weighted by molar-refractivity contribution is -0.152. The van der Waals surface area contributed by atoms with Crippen LogP contribution in [-0.4, -0.2) is 86.3 Å². The van der Waals surface area contributed by atoms with Crippen molar-refractivity contribution in [3.63, 3.8) is 0 Å². The molecular formula is C29H59N5O8. The predicted octanol–water partition coefficient (Wildman–Crippen LogP) is 2.25. The van der Waals surface area contributed by atoms with E-state index in [4.69, 9.17) is 26.4 Å². The van der Waals surface area contributed by atoms with E-state index in [0.717, 1.165) is 12.8 Å². The number of ketones is 1. The molecule has 0 aromatic carbocycles. The molecule has 0 aromatic rings. The van der Waals surface area contributed by atoms with Crippen molar-refractivity contribution < 1.29 is 38.2 Å². The smallest absolute Gasteiger partial charge is 0.328 e. The summed E-state index contributed by atoms with van der Waals surface area (Å²) in [6.07, 6.45) is 2.80. The van der Waals surface area contributed by atoms with Crippen LogP contribution >= 0.6 is 0 Å². The number of ether oxygens (including phenoxy) is 2. The van der Waals surface area contributed by atoms with E-state index in [2.05, 4.69) is 10.6 Å². The van der Waals surface area contributed by atoms with Gasteiger partial charge in [0, 0.05) is 19.3 Å². The fourth-order valence-corrected chi connectivity index (χ4v) is 2.52. The van der Waals surface area contributed by atoms with E-state index >= 15 is 0 Å². The summed E-state index contributed by atoms with van der Waals surface area (Å²) in [6.45, 7) is 17.5. The SMILES string of the molecule is CC.CC.CC(C)OC(=O)C(N)CCC=O.CCN.CNC(CCC=O)C(=O)NC(CCC(=O)C=N)C(=O)OC(C)C. The maximum absolute atomic E-state index is 12.2. The van der Waals surface area contributed by atoms with E-state index in [1.807, 2.05) is 34.6 Å². The van der Waals surface area contributed by atoms with Crippen molar-refractivity contribution in [1.29, 1.82) is 5.41 Å². The first kappa shape index (κ1) is 48.7. The van der Waals surface area contributed by atoms with Crippen molar-refractivity contribution in [1.82, 2.24) is 10.6 Å². The molecule has 0 bridgehead atoms. The molecule has 13 nitrogen and oxygen atoms in total.